The Balaban J connectivity index is 2.62. The Labute approximate surface area is 114 Å². The molecule has 1 N–H and O–H groups in total. The van der Waals surface area contributed by atoms with Crippen LogP contribution in [-0.2, 0) is 9.53 Å². The molecule has 0 aliphatic rings. The minimum absolute atomic E-state index is 0.00488. The third-order valence-corrected chi connectivity index (χ3v) is 2.83. The van der Waals surface area contributed by atoms with Crippen LogP contribution in [0.1, 0.15) is 44.0 Å². The molecule has 0 saturated heterocycles. The quantitative estimate of drug-likeness (QED) is 0.802. The van der Waals surface area contributed by atoms with E-state index in [1.54, 1.807) is 31.2 Å². The second kappa shape index (κ2) is 7.56. The maximum atomic E-state index is 11.8. The van der Waals surface area contributed by atoms with Gasteiger partial charge in [0.1, 0.15) is 0 Å². The molecule has 1 amide bonds. The number of hydrogen-bond acceptors (Lipinski definition) is 3. The van der Waals surface area contributed by atoms with Crippen molar-refractivity contribution in [1.82, 2.24) is 0 Å². The number of anilines is 1. The molecule has 0 aromatic heterocycles. The Morgan fingerprint density at radius 2 is 1.84 bits per heavy atom. The fraction of sp³-hybridized carbons (Fsp3) is 0.467. The highest BCUT2D eigenvalue weighted by Gasteiger charge is 2.12. The third-order valence-electron chi connectivity index (χ3n) is 2.83. The number of rotatable bonds is 6. The number of carbonyl (C=O) groups is 2. The van der Waals surface area contributed by atoms with Crippen LogP contribution in [0.15, 0.2) is 24.3 Å². The maximum Gasteiger partial charge on any atom is 0.338 e. The lowest BCUT2D eigenvalue weighted by Gasteiger charge is -2.11. The van der Waals surface area contributed by atoms with Crippen molar-refractivity contribution in [2.75, 3.05) is 11.9 Å². The van der Waals surface area contributed by atoms with Gasteiger partial charge in [0, 0.05) is 11.6 Å². The van der Waals surface area contributed by atoms with Crippen LogP contribution in [0.5, 0.6) is 0 Å². The highest BCUT2D eigenvalue weighted by Crippen LogP contribution is 2.13. The van der Waals surface area contributed by atoms with Crippen molar-refractivity contribution in [3.63, 3.8) is 0 Å². The summed E-state index contributed by atoms with van der Waals surface area (Å²) in [5, 5.41) is 2.83. The van der Waals surface area contributed by atoms with Crippen LogP contribution in [-0.4, -0.2) is 18.5 Å². The van der Waals surface area contributed by atoms with Gasteiger partial charge >= 0.3 is 5.97 Å². The average Bonchev–Trinajstić information content (AvgIpc) is 2.40. The molecule has 1 rings (SSSR count). The fourth-order valence-corrected chi connectivity index (χ4v) is 1.73. The lowest BCUT2D eigenvalue weighted by Crippen LogP contribution is -2.20. The second-order valence-corrected chi connectivity index (χ2v) is 4.48. The molecule has 1 aromatic carbocycles. The predicted octanol–water partition coefficient (Wildman–Crippen LogP) is 3.24. The molecule has 0 aliphatic heterocycles. The summed E-state index contributed by atoms with van der Waals surface area (Å²) < 4.78 is 4.89. The number of esters is 1. The van der Waals surface area contributed by atoms with Crippen molar-refractivity contribution in [2.24, 2.45) is 5.92 Å². The van der Waals surface area contributed by atoms with E-state index in [9.17, 15) is 9.59 Å². The fourth-order valence-electron chi connectivity index (χ4n) is 1.73. The van der Waals surface area contributed by atoms with E-state index >= 15 is 0 Å². The Morgan fingerprint density at radius 1 is 1.21 bits per heavy atom. The first-order chi connectivity index (χ1) is 9.08. The molecule has 0 spiro atoms. The number of ether oxygens (including phenoxy) is 1. The van der Waals surface area contributed by atoms with Gasteiger partial charge in [0.25, 0.3) is 0 Å². The van der Waals surface area contributed by atoms with Gasteiger partial charge in [0.05, 0.1) is 12.2 Å². The highest BCUT2D eigenvalue weighted by atomic mass is 16.5. The first-order valence-electron chi connectivity index (χ1n) is 6.66. The normalized spacial score (nSPS) is 11.7. The van der Waals surface area contributed by atoms with Gasteiger partial charge in [-0.25, -0.2) is 4.79 Å². The van der Waals surface area contributed by atoms with Crippen molar-refractivity contribution in [3.8, 4) is 0 Å². The number of amides is 1. The first-order valence-corrected chi connectivity index (χ1v) is 6.66. The van der Waals surface area contributed by atoms with Gasteiger partial charge in [-0.05, 0) is 37.6 Å². The van der Waals surface area contributed by atoms with Crippen LogP contribution in [0.25, 0.3) is 0 Å². The third kappa shape index (κ3) is 4.73. The zero-order valence-electron chi connectivity index (χ0n) is 11.7. The summed E-state index contributed by atoms with van der Waals surface area (Å²) in [4.78, 5) is 23.3. The molecule has 0 aliphatic carbocycles. The van der Waals surface area contributed by atoms with Gasteiger partial charge < -0.3 is 10.1 Å². The highest BCUT2D eigenvalue weighted by molar-refractivity contribution is 5.94. The van der Waals surface area contributed by atoms with Crippen molar-refractivity contribution >= 4 is 17.6 Å². The molecule has 4 nitrogen and oxygen atoms in total. The van der Waals surface area contributed by atoms with E-state index in [0.29, 0.717) is 17.9 Å². The van der Waals surface area contributed by atoms with Crippen molar-refractivity contribution < 1.29 is 14.3 Å². The zero-order chi connectivity index (χ0) is 14.3. The van der Waals surface area contributed by atoms with Gasteiger partial charge in [0.2, 0.25) is 5.91 Å². The van der Waals surface area contributed by atoms with E-state index in [0.717, 1.165) is 12.8 Å². The smallest absolute Gasteiger partial charge is 0.338 e. The van der Waals surface area contributed by atoms with E-state index in [1.807, 2.05) is 6.92 Å². The molecule has 0 fully saturated rings. The second-order valence-electron chi connectivity index (χ2n) is 4.48. The molecule has 0 saturated carbocycles. The molecular formula is C15H21NO3. The van der Waals surface area contributed by atoms with Crippen LogP contribution >= 0.6 is 0 Å². The average molecular weight is 263 g/mol. The minimum atomic E-state index is -0.347. The molecule has 1 atom stereocenters. The summed E-state index contributed by atoms with van der Waals surface area (Å²) >= 11 is 0. The van der Waals surface area contributed by atoms with Crippen LogP contribution in [0.4, 0.5) is 5.69 Å². The lowest BCUT2D eigenvalue weighted by atomic mass is 10.1. The Bertz CT molecular complexity index is 426. The molecule has 19 heavy (non-hydrogen) atoms. The van der Waals surface area contributed by atoms with E-state index < -0.39 is 0 Å². The summed E-state index contributed by atoms with van der Waals surface area (Å²) in [7, 11) is 0. The molecule has 0 bridgehead atoms. The summed E-state index contributed by atoms with van der Waals surface area (Å²) in [5.74, 6) is -0.347. The number of nitrogens with one attached hydrogen (secondary N) is 1. The Morgan fingerprint density at radius 3 is 2.37 bits per heavy atom. The van der Waals surface area contributed by atoms with E-state index in [-0.39, 0.29) is 17.8 Å². The van der Waals surface area contributed by atoms with E-state index in [1.165, 1.54) is 0 Å². The molecule has 0 heterocycles. The van der Waals surface area contributed by atoms with Crippen molar-refractivity contribution in [2.45, 2.75) is 33.6 Å². The van der Waals surface area contributed by atoms with Gasteiger partial charge in [0.15, 0.2) is 0 Å². The zero-order valence-corrected chi connectivity index (χ0v) is 11.7. The molecule has 104 valence electrons. The predicted molar refractivity (Wildman–Crippen MR) is 75.1 cm³/mol. The number of benzene rings is 1. The summed E-state index contributed by atoms with van der Waals surface area (Å²) in [5.41, 5.74) is 1.18. The van der Waals surface area contributed by atoms with Crippen LogP contribution in [0.2, 0.25) is 0 Å². The van der Waals surface area contributed by atoms with Crippen LogP contribution in [0, 0.1) is 5.92 Å². The van der Waals surface area contributed by atoms with E-state index in [4.69, 9.17) is 4.74 Å². The molecule has 1 unspecified atom stereocenters. The standard InChI is InChI=1S/C15H21NO3/c1-4-6-11(3)14(17)16-13-9-7-12(8-10-13)15(18)19-5-2/h7-11H,4-6H2,1-3H3,(H,16,17). The summed E-state index contributed by atoms with van der Waals surface area (Å²) in [6.07, 6.45) is 1.85. The number of hydrogen-bond donors (Lipinski definition) is 1. The molecule has 1 aromatic rings. The first kappa shape index (κ1) is 15.2. The summed E-state index contributed by atoms with van der Waals surface area (Å²) in [6, 6.07) is 6.72. The number of carbonyl (C=O) groups excluding carboxylic acids is 2. The topological polar surface area (TPSA) is 55.4 Å². The Hall–Kier alpha value is -1.84. The van der Waals surface area contributed by atoms with Crippen molar-refractivity contribution in [1.29, 1.82) is 0 Å². The molecular weight excluding hydrogens is 242 g/mol. The van der Waals surface area contributed by atoms with Gasteiger partial charge in [-0.1, -0.05) is 20.3 Å². The van der Waals surface area contributed by atoms with Gasteiger partial charge in [-0.2, -0.15) is 0 Å². The van der Waals surface area contributed by atoms with Crippen LogP contribution < -0.4 is 5.32 Å². The maximum absolute atomic E-state index is 11.8. The molecule has 0 radical (unpaired) electrons. The van der Waals surface area contributed by atoms with Crippen molar-refractivity contribution in [3.05, 3.63) is 29.8 Å². The SMILES string of the molecule is CCCC(C)C(=O)Nc1ccc(C(=O)OCC)cc1. The minimum Gasteiger partial charge on any atom is -0.462 e. The van der Waals surface area contributed by atoms with Gasteiger partial charge in [-0.15, -0.1) is 0 Å². The monoisotopic (exact) mass is 263 g/mol. The largest absolute Gasteiger partial charge is 0.462 e. The summed E-state index contributed by atoms with van der Waals surface area (Å²) in [6.45, 7) is 6.08. The lowest BCUT2D eigenvalue weighted by molar-refractivity contribution is -0.119. The van der Waals surface area contributed by atoms with Gasteiger partial charge in [-0.3, -0.25) is 4.79 Å². The Kier molecular flexibility index (Phi) is 6.06. The van der Waals surface area contributed by atoms with E-state index in [2.05, 4.69) is 12.2 Å². The van der Waals surface area contributed by atoms with Crippen LogP contribution in [0.3, 0.4) is 0 Å². The molecule has 4 heteroatoms.